The van der Waals surface area contributed by atoms with Gasteiger partial charge in [-0.05, 0) is 59.0 Å². The molecule has 1 amide bonds. The number of anilines is 1. The van der Waals surface area contributed by atoms with Gasteiger partial charge in [0.2, 0.25) is 0 Å². The van der Waals surface area contributed by atoms with Gasteiger partial charge in [0, 0.05) is 9.26 Å². The normalized spacial score (nSPS) is 10.3. The Hall–Kier alpha value is -1.21. The quantitative estimate of drug-likeness (QED) is 0.592. The number of halogens is 4. The van der Waals surface area contributed by atoms with Crippen LogP contribution in [0.2, 0.25) is 5.02 Å². The Kier molecular flexibility index (Phi) is 4.36. The summed E-state index contributed by atoms with van der Waals surface area (Å²) in [5.41, 5.74) is 0.112. The van der Waals surface area contributed by atoms with Crippen molar-refractivity contribution >= 4 is 45.8 Å². The van der Waals surface area contributed by atoms with Crippen molar-refractivity contribution in [3.63, 3.8) is 0 Å². The predicted octanol–water partition coefficient (Wildman–Crippen LogP) is 4.48. The third-order valence-corrected chi connectivity index (χ3v) is 3.37. The molecule has 0 bridgehead atoms. The van der Waals surface area contributed by atoms with Gasteiger partial charge in [0.25, 0.3) is 5.91 Å². The summed E-state index contributed by atoms with van der Waals surface area (Å²) in [5.74, 6) is -2.43. The Morgan fingerprint density at radius 1 is 1.11 bits per heavy atom. The lowest BCUT2D eigenvalue weighted by Gasteiger charge is -2.07. The number of amides is 1. The van der Waals surface area contributed by atoms with Crippen LogP contribution in [0.3, 0.4) is 0 Å². The summed E-state index contributed by atoms with van der Waals surface area (Å²) in [6.07, 6.45) is 0. The molecule has 0 fully saturated rings. The SMILES string of the molecule is O=C(Nc1ccc(I)cc1)c1cc(F)c(Cl)cc1F. The molecule has 0 unspecified atom stereocenters. The first-order valence-corrected chi connectivity index (χ1v) is 6.64. The zero-order valence-corrected chi connectivity index (χ0v) is 12.3. The van der Waals surface area contributed by atoms with Gasteiger partial charge in [0.05, 0.1) is 10.6 Å². The van der Waals surface area contributed by atoms with Gasteiger partial charge in [0.1, 0.15) is 11.6 Å². The van der Waals surface area contributed by atoms with Crippen molar-refractivity contribution in [2.75, 3.05) is 5.32 Å². The first-order chi connectivity index (χ1) is 8.97. The Labute approximate surface area is 126 Å². The van der Waals surface area contributed by atoms with Gasteiger partial charge >= 0.3 is 0 Å². The molecule has 0 aromatic heterocycles. The highest BCUT2D eigenvalue weighted by Gasteiger charge is 2.15. The van der Waals surface area contributed by atoms with Crippen molar-refractivity contribution in [3.05, 3.63) is 62.2 Å². The van der Waals surface area contributed by atoms with Crippen LogP contribution in [0, 0.1) is 15.2 Å². The van der Waals surface area contributed by atoms with Crippen LogP contribution in [0.1, 0.15) is 10.4 Å². The van der Waals surface area contributed by atoms with Gasteiger partial charge in [-0.1, -0.05) is 11.6 Å². The van der Waals surface area contributed by atoms with Gasteiger partial charge in [0.15, 0.2) is 0 Å². The second kappa shape index (κ2) is 5.83. The largest absolute Gasteiger partial charge is 0.322 e. The van der Waals surface area contributed by atoms with E-state index in [2.05, 4.69) is 27.9 Å². The number of rotatable bonds is 2. The maximum absolute atomic E-state index is 13.5. The zero-order chi connectivity index (χ0) is 14.0. The second-order valence-electron chi connectivity index (χ2n) is 3.71. The van der Waals surface area contributed by atoms with Crippen LogP contribution < -0.4 is 5.32 Å². The Morgan fingerprint density at radius 2 is 1.74 bits per heavy atom. The first kappa shape index (κ1) is 14.2. The van der Waals surface area contributed by atoms with Crippen molar-refractivity contribution in [2.24, 2.45) is 0 Å². The van der Waals surface area contributed by atoms with E-state index in [0.717, 1.165) is 15.7 Å². The highest BCUT2D eigenvalue weighted by molar-refractivity contribution is 14.1. The summed E-state index contributed by atoms with van der Waals surface area (Å²) < 4.78 is 27.8. The summed E-state index contributed by atoms with van der Waals surface area (Å²) in [6, 6.07) is 8.47. The first-order valence-electron chi connectivity index (χ1n) is 5.19. The molecule has 1 N–H and O–H groups in total. The number of benzene rings is 2. The zero-order valence-electron chi connectivity index (χ0n) is 9.38. The van der Waals surface area contributed by atoms with E-state index >= 15 is 0 Å². The molecule has 0 spiro atoms. The van der Waals surface area contributed by atoms with Crippen molar-refractivity contribution in [1.82, 2.24) is 0 Å². The van der Waals surface area contributed by atoms with Crippen LogP contribution in [-0.4, -0.2) is 5.91 Å². The monoisotopic (exact) mass is 393 g/mol. The minimum Gasteiger partial charge on any atom is -0.322 e. The molecule has 2 aromatic rings. The molecule has 0 aliphatic rings. The lowest BCUT2D eigenvalue weighted by molar-refractivity contribution is 0.102. The maximum atomic E-state index is 13.5. The van der Waals surface area contributed by atoms with E-state index in [1.54, 1.807) is 24.3 Å². The van der Waals surface area contributed by atoms with Crippen LogP contribution in [0.5, 0.6) is 0 Å². The molecule has 6 heteroatoms. The van der Waals surface area contributed by atoms with Crippen LogP contribution >= 0.6 is 34.2 Å². The molecule has 98 valence electrons. The van der Waals surface area contributed by atoms with Crippen molar-refractivity contribution in [2.45, 2.75) is 0 Å². The molecule has 0 aliphatic carbocycles. The maximum Gasteiger partial charge on any atom is 0.258 e. The summed E-state index contributed by atoms with van der Waals surface area (Å²) in [4.78, 5) is 11.8. The van der Waals surface area contributed by atoms with E-state index < -0.39 is 17.5 Å². The number of carbonyl (C=O) groups excluding carboxylic acids is 1. The Morgan fingerprint density at radius 3 is 2.37 bits per heavy atom. The van der Waals surface area contributed by atoms with Gasteiger partial charge in [-0.25, -0.2) is 8.78 Å². The van der Waals surface area contributed by atoms with E-state index in [0.29, 0.717) is 5.69 Å². The smallest absolute Gasteiger partial charge is 0.258 e. The third kappa shape index (κ3) is 3.42. The fourth-order valence-electron chi connectivity index (χ4n) is 1.43. The summed E-state index contributed by atoms with van der Waals surface area (Å²) >= 11 is 7.54. The van der Waals surface area contributed by atoms with Gasteiger partial charge in [-0.3, -0.25) is 4.79 Å². The molecule has 2 rings (SSSR count). The molecule has 0 radical (unpaired) electrons. The van der Waals surface area contributed by atoms with E-state index in [1.165, 1.54) is 0 Å². The van der Waals surface area contributed by atoms with Gasteiger partial charge in [-0.15, -0.1) is 0 Å². The average Bonchev–Trinajstić information content (AvgIpc) is 2.36. The van der Waals surface area contributed by atoms with Crippen LogP contribution in [0.4, 0.5) is 14.5 Å². The minimum absolute atomic E-state index is 0.358. The highest BCUT2D eigenvalue weighted by Crippen LogP contribution is 2.20. The molecule has 0 saturated heterocycles. The lowest BCUT2D eigenvalue weighted by atomic mass is 10.2. The third-order valence-electron chi connectivity index (χ3n) is 2.36. The molecule has 2 nitrogen and oxygen atoms in total. The topological polar surface area (TPSA) is 29.1 Å². The second-order valence-corrected chi connectivity index (χ2v) is 5.36. The number of hydrogen-bond acceptors (Lipinski definition) is 1. The van der Waals surface area contributed by atoms with E-state index in [-0.39, 0.29) is 10.6 Å². The summed E-state index contributed by atoms with van der Waals surface area (Å²) in [6.45, 7) is 0. The fraction of sp³-hybridized carbons (Fsp3) is 0. The molecule has 0 atom stereocenters. The van der Waals surface area contributed by atoms with Crippen molar-refractivity contribution < 1.29 is 13.6 Å². The number of nitrogens with one attached hydrogen (secondary N) is 1. The number of hydrogen-bond donors (Lipinski definition) is 1. The molecule has 2 aromatic carbocycles. The molecule has 0 heterocycles. The number of carbonyl (C=O) groups is 1. The van der Waals surface area contributed by atoms with E-state index in [9.17, 15) is 13.6 Å². The molecule has 0 saturated carbocycles. The Bertz CT molecular complexity index is 631. The predicted molar refractivity (Wildman–Crippen MR) is 78.5 cm³/mol. The van der Waals surface area contributed by atoms with E-state index in [1.807, 2.05) is 0 Å². The van der Waals surface area contributed by atoms with Crippen LogP contribution in [0.25, 0.3) is 0 Å². The molecule has 0 aliphatic heterocycles. The fourth-order valence-corrected chi connectivity index (χ4v) is 1.94. The van der Waals surface area contributed by atoms with Gasteiger partial charge in [-0.2, -0.15) is 0 Å². The van der Waals surface area contributed by atoms with Crippen LogP contribution in [-0.2, 0) is 0 Å². The summed E-state index contributed by atoms with van der Waals surface area (Å²) in [7, 11) is 0. The lowest BCUT2D eigenvalue weighted by Crippen LogP contribution is -2.14. The van der Waals surface area contributed by atoms with Crippen LogP contribution in [0.15, 0.2) is 36.4 Å². The molecular weight excluding hydrogens is 387 g/mol. The van der Waals surface area contributed by atoms with Crippen molar-refractivity contribution in [1.29, 1.82) is 0 Å². The molecular formula is C13H7ClF2INO. The summed E-state index contributed by atoms with van der Waals surface area (Å²) in [5, 5.41) is 2.12. The Balaban J connectivity index is 2.25. The minimum atomic E-state index is -0.866. The molecule has 19 heavy (non-hydrogen) atoms. The average molecular weight is 394 g/mol. The van der Waals surface area contributed by atoms with E-state index in [4.69, 9.17) is 11.6 Å². The standard InChI is InChI=1S/C13H7ClF2INO/c14-10-6-11(15)9(5-12(10)16)13(19)18-8-3-1-7(17)2-4-8/h1-6H,(H,18,19). The van der Waals surface area contributed by atoms with Gasteiger partial charge < -0.3 is 5.32 Å². The highest BCUT2D eigenvalue weighted by atomic mass is 127. The van der Waals surface area contributed by atoms with Crippen molar-refractivity contribution in [3.8, 4) is 0 Å².